The van der Waals surface area contributed by atoms with E-state index < -0.39 is 0 Å². The molecule has 0 bridgehead atoms. The van der Waals surface area contributed by atoms with Crippen LogP contribution in [0.25, 0.3) is 0 Å². The Balaban J connectivity index is 1.47. The smallest absolute Gasteiger partial charge is 0.215 e. The second-order valence-corrected chi connectivity index (χ2v) is 6.27. The molecule has 0 radical (unpaired) electrons. The molecule has 0 N–H and O–H groups in total. The van der Waals surface area contributed by atoms with Crippen molar-refractivity contribution in [2.24, 2.45) is 0 Å². The first-order valence-electron chi connectivity index (χ1n) is 7.46. The molecular weight excluding hydrogens is 330 g/mol. The Bertz CT molecular complexity index is 541. The third-order valence-electron chi connectivity index (χ3n) is 3.10. The van der Waals surface area contributed by atoms with Crippen molar-refractivity contribution < 1.29 is 18.1 Å². The summed E-state index contributed by atoms with van der Waals surface area (Å²) >= 11 is 0. The van der Waals surface area contributed by atoms with E-state index in [2.05, 4.69) is 0 Å². The van der Waals surface area contributed by atoms with E-state index >= 15 is 0 Å². The van der Waals surface area contributed by atoms with Crippen LogP contribution in [0.3, 0.4) is 0 Å². The minimum Gasteiger partial charge on any atom is -0.449 e. The van der Waals surface area contributed by atoms with Gasteiger partial charge in [0.25, 0.3) is 0 Å². The van der Waals surface area contributed by atoms with Gasteiger partial charge in [0.15, 0.2) is 0 Å². The third-order valence-corrected chi connectivity index (χ3v) is 4.35. The van der Waals surface area contributed by atoms with Gasteiger partial charge in [-0.2, -0.15) is 0 Å². The van der Waals surface area contributed by atoms with Gasteiger partial charge < -0.3 is 18.1 Å². The van der Waals surface area contributed by atoms with Gasteiger partial charge in [-0.15, -0.1) is 0 Å². The number of para-hydroxylation sites is 2. The third kappa shape index (κ3) is 6.85. The molecule has 2 unspecified atom stereocenters. The maximum absolute atomic E-state index is 5.58. The van der Waals surface area contributed by atoms with Gasteiger partial charge in [-0.1, -0.05) is 36.4 Å². The number of benzene rings is 2. The Hall–Kier alpha value is -1.18. The summed E-state index contributed by atoms with van der Waals surface area (Å²) in [5.41, 5.74) is 2.22. The molecule has 2 atom stereocenters. The summed E-state index contributed by atoms with van der Waals surface area (Å²) in [4.78, 5) is 0. The van der Waals surface area contributed by atoms with Crippen molar-refractivity contribution in [1.29, 1.82) is 0 Å². The van der Waals surface area contributed by atoms with Crippen LogP contribution in [0.2, 0.25) is 0 Å². The van der Waals surface area contributed by atoms with E-state index in [1.165, 1.54) is 0 Å². The molecular formula is C17H22O4P2. The minimum absolute atomic E-state index is 0.00953. The maximum Gasteiger partial charge on any atom is 0.215 e. The average molecular weight is 352 g/mol. The van der Waals surface area contributed by atoms with E-state index in [0.29, 0.717) is 13.2 Å². The minimum atomic E-state index is 0.00953. The Labute approximate surface area is 141 Å². The Morgan fingerprint density at radius 3 is 1.57 bits per heavy atom. The van der Waals surface area contributed by atoms with E-state index in [4.69, 9.17) is 18.1 Å². The van der Waals surface area contributed by atoms with E-state index in [-0.39, 0.29) is 18.1 Å². The highest BCUT2D eigenvalue weighted by Gasteiger charge is 1.99. The van der Waals surface area contributed by atoms with Gasteiger partial charge in [0.05, 0.1) is 13.2 Å². The highest BCUT2D eigenvalue weighted by molar-refractivity contribution is 7.26. The van der Waals surface area contributed by atoms with Crippen LogP contribution in [0.1, 0.15) is 17.5 Å². The molecule has 0 heterocycles. The van der Waals surface area contributed by atoms with Gasteiger partial charge in [0.1, 0.15) is 11.5 Å². The lowest BCUT2D eigenvalue weighted by atomic mass is 10.2. The molecule has 2 aromatic rings. The zero-order valence-corrected chi connectivity index (χ0v) is 15.4. The molecule has 0 saturated heterocycles. The fourth-order valence-corrected chi connectivity index (χ4v) is 2.99. The lowest BCUT2D eigenvalue weighted by Crippen LogP contribution is -1.95. The first-order valence-corrected chi connectivity index (χ1v) is 9.09. The summed E-state index contributed by atoms with van der Waals surface area (Å²) < 4.78 is 22.1. The molecule has 2 aromatic carbocycles. The van der Waals surface area contributed by atoms with Crippen LogP contribution in [0, 0.1) is 13.8 Å². The standard InChI is InChI=1S/C17H22O4P2/c1-14-8-3-5-10-16(14)20-22-18-12-7-13-19-23-21-17-11-6-4-9-15(17)2/h3-6,8-11,22-23H,7,12-13H2,1-2H3. The lowest BCUT2D eigenvalue weighted by Gasteiger charge is -2.09. The molecule has 2 rings (SSSR count). The number of hydrogen-bond acceptors (Lipinski definition) is 4. The summed E-state index contributed by atoms with van der Waals surface area (Å²) in [6, 6.07) is 15.8. The molecule has 6 heteroatoms. The van der Waals surface area contributed by atoms with E-state index in [1.54, 1.807) is 0 Å². The van der Waals surface area contributed by atoms with Gasteiger partial charge in [-0.3, -0.25) is 0 Å². The molecule has 0 aliphatic heterocycles. The first-order chi connectivity index (χ1) is 11.3. The molecule has 4 nitrogen and oxygen atoms in total. The van der Waals surface area contributed by atoms with Gasteiger partial charge >= 0.3 is 0 Å². The van der Waals surface area contributed by atoms with Crippen LogP contribution >= 0.6 is 18.1 Å². The van der Waals surface area contributed by atoms with Crippen molar-refractivity contribution in [2.45, 2.75) is 20.3 Å². The molecule has 0 aliphatic carbocycles. The Kier molecular flexibility index (Phi) is 8.35. The van der Waals surface area contributed by atoms with Crippen molar-refractivity contribution in [3.05, 3.63) is 59.7 Å². The summed E-state index contributed by atoms with van der Waals surface area (Å²) in [6.45, 7) is 5.25. The van der Waals surface area contributed by atoms with Gasteiger partial charge in [0, 0.05) is 0 Å². The quantitative estimate of drug-likeness (QED) is 0.435. The monoisotopic (exact) mass is 352 g/mol. The van der Waals surface area contributed by atoms with Gasteiger partial charge in [-0.25, -0.2) is 0 Å². The highest BCUT2D eigenvalue weighted by Crippen LogP contribution is 2.26. The topological polar surface area (TPSA) is 36.9 Å². The summed E-state index contributed by atoms with van der Waals surface area (Å²) in [5, 5.41) is 0. The zero-order chi connectivity index (χ0) is 16.3. The molecule has 23 heavy (non-hydrogen) atoms. The van der Waals surface area contributed by atoms with Crippen LogP contribution in [0.4, 0.5) is 0 Å². The van der Waals surface area contributed by atoms with Crippen molar-refractivity contribution in [3.63, 3.8) is 0 Å². The highest BCUT2D eigenvalue weighted by atomic mass is 31.1. The Morgan fingerprint density at radius 1 is 0.696 bits per heavy atom. The Morgan fingerprint density at radius 2 is 1.13 bits per heavy atom. The van der Waals surface area contributed by atoms with Crippen molar-refractivity contribution >= 4 is 18.1 Å². The van der Waals surface area contributed by atoms with Crippen LogP contribution in [-0.4, -0.2) is 13.2 Å². The summed E-state index contributed by atoms with van der Waals surface area (Å²) in [5.74, 6) is 1.74. The van der Waals surface area contributed by atoms with Gasteiger partial charge in [-0.05, 0) is 43.5 Å². The molecule has 0 fully saturated rings. The van der Waals surface area contributed by atoms with Gasteiger partial charge in [0.2, 0.25) is 18.1 Å². The molecule has 0 aromatic heterocycles. The molecule has 0 saturated carbocycles. The summed E-state index contributed by atoms with van der Waals surface area (Å²) in [7, 11) is 0.0191. The summed E-state index contributed by atoms with van der Waals surface area (Å²) in [6.07, 6.45) is 0.814. The first kappa shape index (κ1) is 18.2. The van der Waals surface area contributed by atoms with Crippen molar-refractivity contribution in [1.82, 2.24) is 0 Å². The van der Waals surface area contributed by atoms with Crippen molar-refractivity contribution in [2.75, 3.05) is 13.2 Å². The lowest BCUT2D eigenvalue weighted by molar-refractivity contribution is 0.261. The van der Waals surface area contributed by atoms with E-state index in [0.717, 1.165) is 29.0 Å². The van der Waals surface area contributed by atoms with E-state index in [9.17, 15) is 0 Å². The zero-order valence-electron chi connectivity index (χ0n) is 13.4. The van der Waals surface area contributed by atoms with Crippen LogP contribution in [-0.2, 0) is 9.05 Å². The SMILES string of the molecule is Cc1ccccc1OPOCCCOPOc1ccccc1C. The molecule has 124 valence electrons. The molecule has 0 aliphatic rings. The molecule has 0 spiro atoms. The predicted octanol–water partition coefficient (Wildman–Crippen LogP) is 5.20. The van der Waals surface area contributed by atoms with Crippen LogP contribution in [0.15, 0.2) is 48.5 Å². The predicted molar refractivity (Wildman–Crippen MR) is 96.8 cm³/mol. The van der Waals surface area contributed by atoms with Crippen LogP contribution < -0.4 is 9.05 Å². The fraction of sp³-hybridized carbons (Fsp3) is 0.294. The number of aryl methyl sites for hydroxylation is 2. The maximum atomic E-state index is 5.58. The average Bonchev–Trinajstić information content (AvgIpc) is 2.56. The second-order valence-electron chi connectivity index (χ2n) is 4.95. The molecule has 0 amide bonds. The largest absolute Gasteiger partial charge is 0.449 e. The van der Waals surface area contributed by atoms with E-state index in [1.807, 2.05) is 62.4 Å². The van der Waals surface area contributed by atoms with Crippen molar-refractivity contribution in [3.8, 4) is 11.5 Å². The normalized spacial score (nSPS) is 11.6. The second kappa shape index (κ2) is 10.6. The number of rotatable bonds is 10. The number of hydrogen-bond donors (Lipinski definition) is 0. The van der Waals surface area contributed by atoms with Crippen LogP contribution in [0.5, 0.6) is 11.5 Å². The fourth-order valence-electron chi connectivity index (χ4n) is 1.78.